The van der Waals surface area contributed by atoms with Crippen molar-refractivity contribution in [2.45, 2.75) is 41.4 Å². The molecule has 2 N–H and O–H groups in total. The van der Waals surface area contributed by atoms with Gasteiger partial charge in [0.25, 0.3) is 11.5 Å². The molecule has 2 aliphatic rings. The minimum absolute atomic E-state index is 0.0849. The predicted octanol–water partition coefficient (Wildman–Crippen LogP) is 6.86. The van der Waals surface area contributed by atoms with Crippen LogP contribution in [0, 0.1) is 0 Å². The molecule has 0 saturated heterocycles. The van der Waals surface area contributed by atoms with Crippen LogP contribution in [-0.2, 0) is 36.3 Å². The molecule has 1 atom stereocenters. The van der Waals surface area contributed by atoms with Gasteiger partial charge in [0.05, 0.1) is 23.8 Å². The summed E-state index contributed by atoms with van der Waals surface area (Å²) in [7, 11) is -2.48. The highest BCUT2D eigenvalue weighted by Gasteiger charge is 2.71. The van der Waals surface area contributed by atoms with E-state index in [-0.39, 0.29) is 47.6 Å². The maximum absolute atomic E-state index is 13.8. The van der Waals surface area contributed by atoms with E-state index >= 15 is 0 Å². The molecule has 52 heavy (non-hydrogen) atoms. The van der Waals surface area contributed by atoms with E-state index in [4.69, 9.17) is 9.47 Å². The fourth-order valence-corrected chi connectivity index (χ4v) is 7.77. The molecule has 1 aliphatic carbocycles. The molecule has 274 valence electrons. The van der Waals surface area contributed by atoms with Crippen LogP contribution in [-0.4, -0.2) is 68.9 Å². The second kappa shape index (κ2) is 13.6. The first kappa shape index (κ1) is 36.8. The highest BCUT2D eigenvalue weighted by molar-refractivity contribution is 7.91. The van der Waals surface area contributed by atoms with E-state index in [0.717, 1.165) is 39.3 Å². The van der Waals surface area contributed by atoms with Crippen LogP contribution in [0.1, 0.15) is 39.8 Å². The number of benzene rings is 4. The van der Waals surface area contributed by atoms with Crippen LogP contribution in [0.2, 0.25) is 0 Å². The molecular weight excluding hydrogens is 718 g/mol. The number of ether oxygens (including phenoxy) is 2. The van der Waals surface area contributed by atoms with Gasteiger partial charge >= 0.3 is 18.4 Å². The summed E-state index contributed by atoms with van der Waals surface area (Å²) in [5, 5.41) is 12.1. The van der Waals surface area contributed by atoms with Crippen LogP contribution in [0.25, 0.3) is 11.1 Å². The summed E-state index contributed by atoms with van der Waals surface area (Å²) in [6.07, 6.45) is -13.1. The summed E-state index contributed by atoms with van der Waals surface area (Å²) < 4.78 is 117. The smallest absolute Gasteiger partial charge is 0.430 e. The van der Waals surface area contributed by atoms with Crippen molar-refractivity contribution in [2.75, 3.05) is 31.4 Å². The number of nitrogens with zero attached hydrogens (tertiary/aromatic N) is 1. The number of fused-ring (bicyclic) bond motifs is 4. The first-order chi connectivity index (χ1) is 24.5. The van der Waals surface area contributed by atoms with E-state index in [2.05, 4.69) is 5.32 Å². The van der Waals surface area contributed by atoms with Crippen LogP contribution in [0.15, 0.2) is 95.9 Å². The van der Waals surface area contributed by atoms with Gasteiger partial charge in [-0.1, -0.05) is 66.7 Å². The van der Waals surface area contributed by atoms with E-state index < -0.39 is 51.4 Å². The number of carbonyl (C=O) groups is 2. The Morgan fingerprint density at radius 1 is 0.846 bits per heavy atom. The number of hydrogen-bond donors (Lipinski definition) is 2. The summed E-state index contributed by atoms with van der Waals surface area (Å²) in [6, 6.07) is 19.9. The fourth-order valence-electron chi connectivity index (χ4n) is 6.56. The molecule has 0 fully saturated rings. The number of sulfone groups is 1. The Bertz CT molecular complexity index is 2060. The van der Waals surface area contributed by atoms with Crippen molar-refractivity contribution in [3.8, 4) is 11.1 Å². The third-order valence-corrected chi connectivity index (χ3v) is 10.9. The number of aliphatic hydroxyl groups is 1. The number of carbonyl (C=O) groups excluding carboxylic acids is 2. The Balaban J connectivity index is 1.28. The van der Waals surface area contributed by atoms with E-state index in [1.807, 2.05) is 48.5 Å². The number of halogens is 6. The van der Waals surface area contributed by atoms with Crippen LogP contribution in [0.3, 0.4) is 0 Å². The number of hydrogen-bond acceptors (Lipinski definition) is 7. The third-order valence-electron chi connectivity index (χ3n) is 9.19. The van der Waals surface area contributed by atoms with Gasteiger partial charge in [0.1, 0.15) is 12.6 Å². The number of anilines is 1. The molecule has 0 radical (unpaired) electrons. The molecule has 4 aromatic rings. The van der Waals surface area contributed by atoms with Gasteiger partial charge in [0, 0.05) is 24.3 Å². The second-order valence-corrected chi connectivity index (χ2v) is 14.4. The first-order valence-corrected chi connectivity index (χ1v) is 17.4. The third kappa shape index (κ3) is 6.50. The number of alkyl halides is 6. The first-order valence-electron chi connectivity index (χ1n) is 15.7. The van der Waals surface area contributed by atoms with Gasteiger partial charge in [-0.15, -0.1) is 0 Å². The standard InChI is InChI=1S/C36H30F6N2O7S/c1-50-16-17-52(48,49)24-14-15-25-21(18-24)19-44(33(46)51-20-30-28-8-4-2-6-26(28)27-7-3-5-9-29(27)30)31(25)32(45)43-23-12-10-22(11-13-23)34(47,35(37,38)39)36(40,41)42/h2-15,18,30-31,47H,16-17,19-20H2,1H3,(H,43,45). The monoisotopic (exact) mass is 748 g/mol. The minimum Gasteiger partial charge on any atom is -0.448 e. The van der Waals surface area contributed by atoms with Gasteiger partial charge in [-0.25, -0.2) is 13.2 Å². The second-order valence-electron chi connectivity index (χ2n) is 12.3. The average molecular weight is 749 g/mol. The van der Waals surface area contributed by atoms with Crippen molar-refractivity contribution >= 4 is 27.5 Å². The zero-order valence-corrected chi connectivity index (χ0v) is 28.0. The average Bonchev–Trinajstić information content (AvgIpc) is 3.64. The Morgan fingerprint density at radius 2 is 1.42 bits per heavy atom. The van der Waals surface area contributed by atoms with Crippen LogP contribution in [0.5, 0.6) is 0 Å². The molecule has 1 heterocycles. The van der Waals surface area contributed by atoms with Crippen LogP contribution >= 0.6 is 0 Å². The summed E-state index contributed by atoms with van der Waals surface area (Å²) >= 11 is 0. The van der Waals surface area contributed by atoms with Gasteiger partial charge in [0.15, 0.2) is 9.84 Å². The summed E-state index contributed by atoms with van der Waals surface area (Å²) in [6.45, 7) is -0.465. The van der Waals surface area contributed by atoms with E-state index in [9.17, 15) is 49.5 Å². The zero-order valence-electron chi connectivity index (χ0n) is 27.2. The Kier molecular flexibility index (Phi) is 9.61. The lowest BCUT2D eigenvalue weighted by atomic mass is 9.92. The Morgan fingerprint density at radius 3 is 1.98 bits per heavy atom. The van der Waals surface area contributed by atoms with Crippen LogP contribution in [0.4, 0.5) is 36.8 Å². The van der Waals surface area contributed by atoms with Crippen molar-refractivity contribution in [2.24, 2.45) is 0 Å². The van der Waals surface area contributed by atoms with E-state index in [0.29, 0.717) is 17.7 Å². The quantitative estimate of drug-likeness (QED) is 0.179. The van der Waals surface area contributed by atoms with Gasteiger partial charge in [-0.05, 0) is 57.6 Å². The van der Waals surface area contributed by atoms with Crippen molar-refractivity contribution in [1.29, 1.82) is 0 Å². The summed E-state index contributed by atoms with van der Waals surface area (Å²) in [5.41, 5.74) is -2.64. The highest BCUT2D eigenvalue weighted by Crippen LogP contribution is 2.50. The molecule has 9 nitrogen and oxygen atoms in total. The van der Waals surface area contributed by atoms with Gasteiger partial charge in [0.2, 0.25) is 0 Å². The fraction of sp³-hybridized carbons (Fsp3) is 0.278. The van der Waals surface area contributed by atoms with Crippen LogP contribution < -0.4 is 5.32 Å². The zero-order chi connectivity index (χ0) is 37.6. The number of rotatable bonds is 9. The highest BCUT2D eigenvalue weighted by atomic mass is 32.2. The molecule has 0 spiro atoms. The topological polar surface area (TPSA) is 122 Å². The molecular formula is C36H30F6N2O7S. The molecule has 2 amide bonds. The minimum atomic E-state index is -6.11. The van der Waals surface area contributed by atoms with Gasteiger partial charge < -0.3 is 19.9 Å². The maximum Gasteiger partial charge on any atom is 0.430 e. The number of methoxy groups -OCH3 is 1. The Hall–Kier alpha value is -4.93. The van der Waals surface area contributed by atoms with Crippen molar-refractivity contribution in [3.63, 3.8) is 0 Å². The maximum atomic E-state index is 13.8. The SMILES string of the molecule is COCCS(=O)(=O)c1ccc2c(c1)CN(C(=O)OCC1c3ccccc3-c3ccccc31)C2C(=O)Nc1ccc(C(O)(C(F)(F)F)C(F)(F)F)cc1. The Labute approximate surface area is 293 Å². The largest absolute Gasteiger partial charge is 0.448 e. The van der Waals surface area contributed by atoms with Gasteiger partial charge in [-0.2, -0.15) is 26.3 Å². The predicted molar refractivity (Wildman–Crippen MR) is 175 cm³/mol. The number of nitrogens with one attached hydrogen (secondary N) is 1. The molecule has 0 aromatic heterocycles. The lowest BCUT2D eigenvalue weighted by molar-refractivity contribution is -0.376. The molecule has 1 aliphatic heterocycles. The van der Waals surface area contributed by atoms with Crippen molar-refractivity contribution in [3.05, 3.63) is 119 Å². The molecule has 6 rings (SSSR count). The molecule has 1 unspecified atom stereocenters. The molecule has 4 aromatic carbocycles. The van der Waals surface area contributed by atoms with E-state index in [1.54, 1.807) is 0 Å². The van der Waals surface area contributed by atoms with Gasteiger partial charge in [-0.3, -0.25) is 9.69 Å². The lowest BCUT2D eigenvalue weighted by Gasteiger charge is -2.32. The lowest BCUT2D eigenvalue weighted by Crippen LogP contribution is -2.53. The summed E-state index contributed by atoms with van der Waals surface area (Å²) in [5.74, 6) is -1.59. The van der Waals surface area contributed by atoms with Crippen molar-refractivity contribution < 1.29 is 58.9 Å². The molecule has 0 bridgehead atoms. The number of amides is 2. The molecule has 16 heteroatoms. The normalized spacial score (nSPS) is 15.9. The summed E-state index contributed by atoms with van der Waals surface area (Å²) in [4.78, 5) is 28.5. The van der Waals surface area contributed by atoms with E-state index in [1.165, 1.54) is 25.3 Å². The van der Waals surface area contributed by atoms with Crippen molar-refractivity contribution in [1.82, 2.24) is 4.90 Å². The molecule has 0 saturated carbocycles.